The van der Waals surface area contributed by atoms with Gasteiger partial charge in [0, 0.05) is 31.1 Å². The molecular formula is C27H26F2N2O6. The van der Waals surface area contributed by atoms with E-state index in [-0.39, 0.29) is 17.2 Å². The molecule has 1 aromatic heterocycles. The van der Waals surface area contributed by atoms with Crippen LogP contribution in [-0.4, -0.2) is 52.0 Å². The molecular weight excluding hydrogens is 486 g/mol. The van der Waals surface area contributed by atoms with Gasteiger partial charge in [0.1, 0.15) is 17.7 Å². The van der Waals surface area contributed by atoms with Crippen molar-refractivity contribution in [2.75, 3.05) is 7.11 Å². The summed E-state index contributed by atoms with van der Waals surface area (Å²) in [7, 11) is 1.32. The molecule has 1 N–H and O–H groups in total. The second kappa shape index (κ2) is 11.6. The number of carbonyl (C=O) groups is 3. The van der Waals surface area contributed by atoms with Crippen LogP contribution in [0, 0.1) is 11.6 Å². The van der Waals surface area contributed by atoms with Crippen molar-refractivity contribution in [3.63, 3.8) is 0 Å². The molecule has 10 heteroatoms. The monoisotopic (exact) mass is 512 g/mol. The van der Waals surface area contributed by atoms with Crippen molar-refractivity contribution < 1.29 is 37.7 Å². The maximum Gasteiger partial charge on any atom is 0.326 e. The van der Waals surface area contributed by atoms with Crippen molar-refractivity contribution >= 4 is 17.8 Å². The molecule has 0 saturated carbocycles. The molecule has 0 saturated heterocycles. The smallest absolute Gasteiger partial charge is 0.326 e. The fourth-order valence-electron chi connectivity index (χ4n) is 4.19. The van der Waals surface area contributed by atoms with Crippen molar-refractivity contribution in [2.24, 2.45) is 0 Å². The molecule has 194 valence electrons. The summed E-state index contributed by atoms with van der Waals surface area (Å²) in [4.78, 5) is 43.0. The van der Waals surface area contributed by atoms with Crippen molar-refractivity contribution in [2.45, 2.75) is 38.8 Å². The van der Waals surface area contributed by atoms with E-state index in [1.54, 1.807) is 6.92 Å². The molecule has 8 nitrogen and oxygen atoms in total. The highest BCUT2D eigenvalue weighted by atomic mass is 19.1. The van der Waals surface area contributed by atoms with Crippen LogP contribution in [0.25, 0.3) is 0 Å². The first kappa shape index (κ1) is 27.3. The number of nitrogens with zero attached hydrogens (tertiary/aromatic N) is 2. The predicted molar refractivity (Wildman–Crippen MR) is 129 cm³/mol. The Hall–Kier alpha value is -4.34. The van der Waals surface area contributed by atoms with Crippen LogP contribution in [-0.2, 0) is 9.59 Å². The van der Waals surface area contributed by atoms with E-state index in [2.05, 4.69) is 4.98 Å². The Kier molecular flexibility index (Phi) is 8.54. The van der Waals surface area contributed by atoms with E-state index >= 15 is 0 Å². The zero-order valence-electron chi connectivity index (χ0n) is 20.6. The minimum absolute atomic E-state index is 0.0535. The number of aromatic nitrogens is 1. The van der Waals surface area contributed by atoms with E-state index in [1.165, 1.54) is 74.8 Å². The molecule has 0 fully saturated rings. The Morgan fingerprint density at radius 3 is 1.86 bits per heavy atom. The molecule has 37 heavy (non-hydrogen) atoms. The lowest BCUT2D eigenvalue weighted by atomic mass is 9.84. The number of hydrogen-bond acceptors (Lipinski definition) is 6. The summed E-state index contributed by atoms with van der Waals surface area (Å²) in [5.74, 6) is -4.71. The summed E-state index contributed by atoms with van der Waals surface area (Å²) in [6, 6.07) is 10.2. The third kappa shape index (κ3) is 6.08. The van der Waals surface area contributed by atoms with Crippen LogP contribution in [0.3, 0.4) is 0 Å². The van der Waals surface area contributed by atoms with E-state index in [0.29, 0.717) is 11.1 Å². The Balaban J connectivity index is 2.19. The normalized spacial score (nSPS) is 12.5. The van der Waals surface area contributed by atoms with Crippen LogP contribution >= 0.6 is 0 Å². The number of pyridine rings is 1. The highest BCUT2D eigenvalue weighted by molar-refractivity contribution is 5.98. The third-order valence-corrected chi connectivity index (χ3v) is 5.93. The number of halogens is 2. The number of carbonyl (C=O) groups excluding carboxylic acids is 2. The lowest BCUT2D eigenvalue weighted by molar-refractivity contribution is -0.142. The van der Waals surface area contributed by atoms with Gasteiger partial charge in [0.15, 0.2) is 11.4 Å². The van der Waals surface area contributed by atoms with Crippen LogP contribution in [0.1, 0.15) is 48.3 Å². The number of rotatable bonds is 9. The van der Waals surface area contributed by atoms with E-state index in [9.17, 15) is 28.3 Å². The number of esters is 1. The molecule has 2 aromatic carbocycles. The lowest BCUT2D eigenvalue weighted by Crippen LogP contribution is -2.51. The van der Waals surface area contributed by atoms with Gasteiger partial charge < -0.3 is 19.5 Å². The first-order chi connectivity index (χ1) is 17.5. The minimum Gasteiger partial charge on any atom is -0.493 e. The SMILES string of the molecule is COc1ccnc(C(=O)N(C(C)C(=O)O)C(C)C(c2ccc(F)cc2)c2ccc(F)cc2)c1OC(C)=O. The number of carboxylic acid groups (broad SMARTS) is 1. The van der Waals surface area contributed by atoms with Gasteiger partial charge in [-0.1, -0.05) is 24.3 Å². The van der Waals surface area contributed by atoms with E-state index in [0.717, 1.165) is 11.8 Å². The summed E-state index contributed by atoms with van der Waals surface area (Å²) >= 11 is 0. The highest BCUT2D eigenvalue weighted by Gasteiger charge is 2.38. The molecule has 3 aromatic rings. The molecule has 0 aliphatic rings. The summed E-state index contributed by atoms with van der Waals surface area (Å²) in [6.07, 6.45) is 1.27. The van der Waals surface area contributed by atoms with Gasteiger partial charge in [-0.2, -0.15) is 0 Å². The Bertz CT molecular complexity index is 1240. The van der Waals surface area contributed by atoms with E-state index < -0.39 is 47.5 Å². The zero-order chi connectivity index (χ0) is 27.3. The average Bonchev–Trinajstić information content (AvgIpc) is 2.86. The third-order valence-electron chi connectivity index (χ3n) is 5.93. The molecule has 1 heterocycles. The topological polar surface area (TPSA) is 106 Å². The maximum atomic E-state index is 13.9. The second-order valence-electron chi connectivity index (χ2n) is 8.33. The summed E-state index contributed by atoms with van der Waals surface area (Å²) in [6.45, 7) is 4.09. The summed E-state index contributed by atoms with van der Waals surface area (Å²) < 4.78 is 37.9. The number of hydrogen-bond donors (Lipinski definition) is 1. The molecule has 0 bridgehead atoms. The Morgan fingerprint density at radius 2 is 1.43 bits per heavy atom. The first-order valence-corrected chi connectivity index (χ1v) is 11.3. The Labute approximate surface area is 212 Å². The molecule has 0 radical (unpaired) electrons. The standard InChI is InChI=1S/C27H26F2N2O6/c1-15(23(18-5-9-20(28)10-6-18)19-7-11-21(29)12-8-19)31(16(2)27(34)35)26(33)24-25(37-17(3)32)22(36-4)13-14-30-24/h5-16,23H,1-4H3,(H,34,35). The predicted octanol–water partition coefficient (Wildman–Crippen LogP) is 4.43. The van der Waals surface area contributed by atoms with E-state index in [1.807, 2.05) is 0 Å². The molecule has 3 rings (SSSR count). The van der Waals surface area contributed by atoms with Gasteiger partial charge in [0.25, 0.3) is 5.91 Å². The zero-order valence-corrected chi connectivity index (χ0v) is 20.6. The van der Waals surface area contributed by atoms with Crippen molar-refractivity contribution in [1.29, 1.82) is 0 Å². The number of amides is 1. The van der Waals surface area contributed by atoms with Gasteiger partial charge >= 0.3 is 11.9 Å². The number of aliphatic carboxylic acids is 1. The Morgan fingerprint density at radius 1 is 0.919 bits per heavy atom. The second-order valence-corrected chi connectivity index (χ2v) is 8.33. The molecule has 2 unspecified atom stereocenters. The molecule has 1 amide bonds. The number of methoxy groups -OCH3 is 1. The number of carboxylic acids is 1. The first-order valence-electron chi connectivity index (χ1n) is 11.3. The fourth-order valence-corrected chi connectivity index (χ4v) is 4.19. The van der Waals surface area contributed by atoms with Crippen LogP contribution < -0.4 is 9.47 Å². The summed E-state index contributed by atoms with van der Waals surface area (Å²) in [5.41, 5.74) is 0.802. The van der Waals surface area contributed by atoms with Gasteiger partial charge in [-0.25, -0.2) is 18.6 Å². The number of ether oxygens (including phenoxy) is 2. The lowest BCUT2D eigenvalue weighted by Gasteiger charge is -2.38. The van der Waals surface area contributed by atoms with Crippen LogP contribution in [0.15, 0.2) is 60.8 Å². The minimum atomic E-state index is -1.36. The van der Waals surface area contributed by atoms with Crippen molar-refractivity contribution in [3.8, 4) is 11.5 Å². The van der Waals surface area contributed by atoms with Crippen molar-refractivity contribution in [3.05, 3.63) is 89.2 Å². The van der Waals surface area contributed by atoms with Crippen LogP contribution in [0.4, 0.5) is 8.78 Å². The molecule has 0 aliphatic heterocycles. The average molecular weight is 513 g/mol. The van der Waals surface area contributed by atoms with Gasteiger partial charge in [0.2, 0.25) is 5.75 Å². The number of benzene rings is 2. The van der Waals surface area contributed by atoms with Crippen LogP contribution in [0.2, 0.25) is 0 Å². The van der Waals surface area contributed by atoms with Gasteiger partial charge in [-0.15, -0.1) is 0 Å². The van der Waals surface area contributed by atoms with Gasteiger partial charge in [-0.05, 0) is 49.2 Å². The maximum absolute atomic E-state index is 13.9. The van der Waals surface area contributed by atoms with E-state index in [4.69, 9.17) is 9.47 Å². The van der Waals surface area contributed by atoms with Crippen LogP contribution in [0.5, 0.6) is 11.5 Å². The van der Waals surface area contributed by atoms with Gasteiger partial charge in [-0.3, -0.25) is 9.59 Å². The molecule has 0 spiro atoms. The largest absolute Gasteiger partial charge is 0.493 e. The molecule has 2 atom stereocenters. The molecule has 0 aliphatic carbocycles. The summed E-state index contributed by atoms with van der Waals surface area (Å²) in [5, 5.41) is 9.88. The highest BCUT2D eigenvalue weighted by Crippen LogP contribution is 2.36. The fraction of sp³-hybridized carbons (Fsp3) is 0.259. The van der Waals surface area contributed by atoms with Gasteiger partial charge in [0.05, 0.1) is 7.11 Å². The quantitative estimate of drug-likeness (QED) is 0.423. The van der Waals surface area contributed by atoms with Crippen molar-refractivity contribution in [1.82, 2.24) is 9.88 Å².